The highest BCUT2D eigenvalue weighted by molar-refractivity contribution is 5.35. The molecule has 2 aromatic rings. The molecule has 0 aliphatic carbocycles. The normalized spacial score (nSPS) is 13.6. The number of nitrogens with one attached hydrogen (secondary N) is 1. The van der Waals surface area contributed by atoms with Crippen LogP contribution >= 0.6 is 0 Å². The molecule has 0 heterocycles. The molecule has 0 saturated carbocycles. The van der Waals surface area contributed by atoms with Crippen LogP contribution in [0.4, 0.5) is 5.69 Å². The molecule has 5 heteroatoms. The number of benzene rings is 2. The number of non-ortho nitro benzene ring substituents is 1. The minimum absolute atomic E-state index is 0.00672. The maximum atomic E-state index is 10.8. The average molecular weight is 287 g/mol. The van der Waals surface area contributed by atoms with Gasteiger partial charge in [0, 0.05) is 17.7 Å². The third-order valence-electron chi connectivity index (χ3n) is 3.36. The lowest BCUT2D eigenvalue weighted by Gasteiger charge is -2.18. The van der Waals surface area contributed by atoms with Crippen LogP contribution in [0, 0.1) is 10.1 Å². The molecule has 0 spiro atoms. The van der Waals surface area contributed by atoms with Crippen LogP contribution in [0.1, 0.15) is 17.2 Å². The van der Waals surface area contributed by atoms with E-state index in [0.717, 1.165) is 11.4 Å². The van der Waals surface area contributed by atoms with Crippen molar-refractivity contribution in [1.29, 1.82) is 0 Å². The first kappa shape index (κ1) is 15.2. The Labute approximate surface area is 123 Å². The third-order valence-corrected chi connectivity index (χ3v) is 3.36. The van der Waals surface area contributed by atoms with E-state index in [1.165, 1.54) is 17.7 Å². The van der Waals surface area contributed by atoms with Crippen LogP contribution in [0.15, 0.2) is 54.6 Å². The van der Waals surface area contributed by atoms with Gasteiger partial charge in [0.15, 0.2) is 0 Å². The van der Waals surface area contributed by atoms with E-state index in [-0.39, 0.29) is 5.69 Å². The van der Waals surface area contributed by atoms with Gasteiger partial charge in [-0.2, -0.15) is 0 Å². The highest BCUT2D eigenvalue weighted by Gasteiger charge is 2.16. The summed E-state index contributed by atoms with van der Waals surface area (Å²) in [7, 11) is 1.99. The zero-order valence-corrected chi connectivity index (χ0v) is 11.9. The van der Waals surface area contributed by atoms with Gasteiger partial charge in [-0.15, -0.1) is 0 Å². The number of hydrogen-bond donors (Lipinski definition) is 2. The number of likely N-dealkylation sites (N-methyl/N-ethyl adjacent to an activating group) is 1. The smallest absolute Gasteiger partial charge is 0.269 e. The molecular weight excluding hydrogens is 268 g/mol. The number of rotatable bonds is 6. The van der Waals surface area contributed by atoms with E-state index in [9.17, 15) is 15.2 Å². The number of aliphatic hydroxyl groups is 1. The van der Waals surface area contributed by atoms with Crippen molar-refractivity contribution < 1.29 is 14.9 Å². The summed E-state index contributed by atoms with van der Waals surface area (Å²) in [4.78, 5) is 11.4. The second kappa shape index (κ2) is 6.97. The van der Waals surface area contributed by atoms with Crippen LogP contribution in [0.25, 0.3) is 0 Å². The molecule has 110 valence electrons. The molecule has 0 aliphatic rings. The predicted molar refractivity (Wildman–Crippen MR) is 80.0 cm³/mol. The zero-order chi connectivity index (χ0) is 15.2. The summed E-state index contributed by atoms with van der Waals surface area (Å²) in [5.74, 6) is 0. The van der Waals surface area contributed by atoms with Crippen molar-refractivity contribution in [3.63, 3.8) is 0 Å². The van der Waals surface area contributed by atoms with Gasteiger partial charge in [0.25, 0.3) is 5.69 Å². The van der Waals surface area contributed by atoms with Crippen molar-refractivity contribution in [1.82, 2.24) is 0 Å². The van der Waals surface area contributed by atoms with Gasteiger partial charge >= 0.3 is 0 Å². The lowest BCUT2D eigenvalue weighted by atomic mass is 10.1. The van der Waals surface area contributed by atoms with Crippen molar-refractivity contribution in [2.45, 2.75) is 12.6 Å². The minimum atomic E-state index is -0.714. The van der Waals surface area contributed by atoms with E-state index >= 15 is 0 Å². The van der Waals surface area contributed by atoms with Crippen LogP contribution < -0.4 is 4.90 Å². The fourth-order valence-electron chi connectivity index (χ4n) is 2.31. The number of nitrogens with zero attached hydrogens (tertiary/aromatic N) is 1. The zero-order valence-electron chi connectivity index (χ0n) is 11.9. The van der Waals surface area contributed by atoms with Gasteiger partial charge in [0.05, 0.1) is 12.0 Å². The number of nitro benzene ring substituents is 1. The summed E-state index contributed by atoms with van der Waals surface area (Å²) in [6.45, 7) is 1.29. The van der Waals surface area contributed by atoms with Crippen LogP contribution in [-0.2, 0) is 6.54 Å². The van der Waals surface area contributed by atoms with Crippen LogP contribution in [0.2, 0.25) is 0 Å². The van der Waals surface area contributed by atoms with Crippen LogP contribution in [0.3, 0.4) is 0 Å². The molecule has 2 rings (SSSR count). The van der Waals surface area contributed by atoms with Crippen molar-refractivity contribution in [2.75, 3.05) is 13.6 Å². The van der Waals surface area contributed by atoms with E-state index in [4.69, 9.17) is 0 Å². The number of nitro groups is 1. The maximum Gasteiger partial charge on any atom is 0.269 e. The third kappa shape index (κ3) is 4.37. The summed E-state index contributed by atoms with van der Waals surface area (Å²) in [5, 5.41) is 21.0. The van der Waals surface area contributed by atoms with E-state index in [2.05, 4.69) is 0 Å². The molecule has 2 atom stereocenters. The summed E-state index contributed by atoms with van der Waals surface area (Å²) in [6.07, 6.45) is -0.714. The minimum Gasteiger partial charge on any atom is -0.382 e. The Bertz CT molecular complexity index is 601. The fraction of sp³-hybridized carbons (Fsp3) is 0.250. The standard InChI is InChI=1S/C16H18N2O3/c1-17(11-13-6-3-2-4-7-13)12-16(19)14-8-5-9-15(10-14)18(20)21/h2-10,16,19H,11-12H2,1H3/p+1/t16-/m0/s1. The highest BCUT2D eigenvalue weighted by atomic mass is 16.6. The largest absolute Gasteiger partial charge is 0.382 e. The van der Waals surface area contributed by atoms with Crippen LogP contribution in [0.5, 0.6) is 0 Å². The van der Waals surface area contributed by atoms with Gasteiger partial charge in [-0.25, -0.2) is 0 Å². The van der Waals surface area contributed by atoms with Gasteiger partial charge in [-0.1, -0.05) is 42.5 Å². The Hall–Kier alpha value is -2.24. The van der Waals surface area contributed by atoms with Crippen LogP contribution in [-0.4, -0.2) is 23.6 Å². The molecule has 5 nitrogen and oxygen atoms in total. The van der Waals surface area contributed by atoms with E-state index in [0.29, 0.717) is 12.1 Å². The first-order valence-electron chi connectivity index (χ1n) is 6.84. The first-order chi connectivity index (χ1) is 10.1. The SMILES string of the molecule is C[NH+](Cc1ccccc1)C[C@H](O)c1cccc([N+](=O)[O-])c1. The van der Waals surface area contributed by atoms with Gasteiger partial charge < -0.3 is 10.0 Å². The second-order valence-electron chi connectivity index (χ2n) is 5.19. The van der Waals surface area contributed by atoms with Crippen molar-refractivity contribution >= 4 is 5.69 Å². The van der Waals surface area contributed by atoms with Crippen molar-refractivity contribution in [3.8, 4) is 0 Å². The quantitative estimate of drug-likeness (QED) is 0.622. The summed E-state index contributed by atoms with van der Waals surface area (Å²) in [5.41, 5.74) is 1.78. The molecule has 0 radical (unpaired) electrons. The lowest BCUT2D eigenvalue weighted by molar-refractivity contribution is -0.897. The second-order valence-corrected chi connectivity index (χ2v) is 5.19. The lowest BCUT2D eigenvalue weighted by Crippen LogP contribution is -3.08. The molecule has 0 aromatic heterocycles. The molecule has 0 saturated heterocycles. The Morgan fingerprint density at radius 2 is 1.90 bits per heavy atom. The molecule has 21 heavy (non-hydrogen) atoms. The van der Waals surface area contributed by atoms with Gasteiger partial charge in [-0.3, -0.25) is 10.1 Å². The molecule has 0 amide bonds. The molecule has 2 N–H and O–H groups in total. The molecule has 1 unspecified atom stereocenters. The van der Waals surface area contributed by atoms with E-state index < -0.39 is 11.0 Å². The first-order valence-corrected chi connectivity index (χ1v) is 6.84. The van der Waals surface area contributed by atoms with Gasteiger partial charge in [0.2, 0.25) is 0 Å². The number of aliphatic hydroxyl groups excluding tert-OH is 1. The average Bonchev–Trinajstić information content (AvgIpc) is 2.48. The molecule has 0 fully saturated rings. The molecule has 0 aliphatic heterocycles. The Balaban J connectivity index is 1.99. The Morgan fingerprint density at radius 3 is 2.57 bits per heavy atom. The predicted octanol–water partition coefficient (Wildman–Crippen LogP) is 1.34. The van der Waals surface area contributed by atoms with Gasteiger partial charge in [-0.05, 0) is 5.56 Å². The maximum absolute atomic E-state index is 10.8. The highest BCUT2D eigenvalue weighted by Crippen LogP contribution is 2.18. The van der Waals surface area contributed by atoms with E-state index in [1.807, 2.05) is 37.4 Å². The molecule has 0 bridgehead atoms. The summed E-state index contributed by atoms with van der Waals surface area (Å²) >= 11 is 0. The summed E-state index contributed by atoms with van der Waals surface area (Å²) < 4.78 is 0. The Morgan fingerprint density at radius 1 is 1.19 bits per heavy atom. The van der Waals surface area contributed by atoms with Crippen molar-refractivity contribution in [2.24, 2.45) is 0 Å². The van der Waals surface area contributed by atoms with Gasteiger partial charge in [0.1, 0.15) is 19.2 Å². The Kier molecular flexibility index (Phi) is 5.03. The van der Waals surface area contributed by atoms with Crippen molar-refractivity contribution in [3.05, 3.63) is 75.8 Å². The molecular formula is C16H19N2O3+. The number of quaternary nitrogens is 1. The monoisotopic (exact) mass is 287 g/mol. The number of hydrogen-bond acceptors (Lipinski definition) is 3. The summed E-state index contributed by atoms with van der Waals surface area (Å²) in [6, 6.07) is 16.2. The molecule has 2 aromatic carbocycles. The van der Waals surface area contributed by atoms with E-state index in [1.54, 1.807) is 12.1 Å². The topological polar surface area (TPSA) is 67.8 Å². The fourth-order valence-corrected chi connectivity index (χ4v) is 2.31.